The van der Waals surface area contributed by atoms with Gasteiger partial charge in [-0.2, -0.15) is 0 Å². The van der Waals surface area contributed by atoms with Crippen LogP contribution in [0.3, 0.4) is 0 Å². The molecule has 0 amide bonds. The molecule has 0 radical (unpaired) electrons. The Morgan fingerprint density at radius 2 is 1.55 bits per heavy atom. The van der Waals surface area contributed by atoms with Gasteiger partial charge in [-0.1, -0.05) is 72.8 Å². The lowest BCUT2D eigenvalue weighted by molar-refractivity contribution is 0.422. The Morgan fingerprint density at radius 1 is 0.775 bits per heavy atom. The number of nitrogens with zero attached hydrogens (tertiary/aromatic N) is 5. The first-order valence-corrected chi connectivity index (χ1v) is 12.8. The zero-order valence-electron chi connectivity index (χ0n) is 20.9. The fraction of sp³-hybridized carbons (Fsp3) is 0.0312. The zero-order valence-corrected chi connectivity index (χ0v) is 20.9. The van der Waals surface area contributed by atoms with E-state index in [0.717, 1.165) is 22.3 Å². The summed E-state index contributed by atoms with van der Waals surface area (Å²) >= 11 is 0. The molecule has 0 N–H and O–H groups in total. The van der Waals surface area contributed by atoms with Gasteiger partial charge in [0, 0.05) is 18.0 Å². The van der Waals surface area contributed by atoms with Crippen molar-refractivity contribution in [1.82, 2.24) is 24.6 Å². The van der Waals surface area contributed by atoms with E-state index in [1.54, 1.807) is 29.3 Å². The molecule has 5 heterocycles. The average Bonchev–Trinajstić information content (AvgIpc) is 3.46. The molecular formula is C32H19N5O3. The zero-order chi connectivity index (χ0) is 26.6. The summed E-state index contributed by atoms with van der Waals surface area (Å²) in [5.74, 6) is 0.766. The van der Waals surface area contributed by atoms with Crippen molar-refractivity contribution in [2.75, 3.05) is 0 Å². The predicted octanol–water partition coefficient (Wildman–Crippen LogP) is 6.25. The van der Waals surface area contributed by atoms with Gasteiger partial charge in [0.05, 0.1) is 22.4 Å². The Labute approximate surface area is 227 Å². The number of rotatable bonds is 3. The molecule has 0 spiro atoms. The van der Waals surface area contributed by atoms with E-state index in [9.17, 15) is 4.79 Å². The molecule has 3 aromatic carbocycles. The maximum atomic E-state index is 13.5. The fourth-order valence-electron chi connectivity index (χ4n) is 5.37. The van der Waals surface area contributed by atoms with Gasteiger partial charge < -0.3 is 9.15 Å². The highest BCUT2D eigenvalue weighted by Crippen LogP contribution is 2.48. The van der Waals surface area contributed by atoms with Gasteiger partial charge in [-0.3, -0.25) is 4.98 Å². The summed E-state index contributed by atoms with van der Waals surface area (Å²) in [6, 6.07) is 29.4. The van der Waals surface area contributed by atoms with Crippen molar-refractivity contribution in [2.24, 2.45) is 0 Å². The molecule has 0 bridgehead atoms. The van der Waals surface area contributed by atoms with Gasteiger partial charge in [0.1, 0.15) is 11.9 Å². The molecule has 40 heavy (non-hydrogen) atoms. The van der Waals surface area contributed by atoms with Gasteiger partial charge in [-0.25, -0.2) is 19.3 Å². The number of fused-ring (bicyclic) bond motifs is 6. The Balaban J connectivity index is 1.32. The molecule has 0 fully saturated rings. The van der Waals surface area contributed by atoms with Crippen LogP contribution in [0, 0.1) is 0 Å². The standard InChI is InChI=1S/C32H19N5O3/c38-32-26-25(22-9-6-16-33-17-22)27-30-35-29(21-14-12-20(13-15-21)19-7-2-1-3-8-19)36-37(30)18-34-31(27)40-28(26)23-10-4-5-11-24(23)39-32/h1-18,25H. The van der Waals surface area contributed by atoms with Crippen molar-refractivity contribution >= 4 is 16.6 Å². The molecule has 190 valence electrons. The SMILES string of the molecule is O=c1oc2ccccc2c2c1C(c1cccnc1)c1c(ncn3nc(-c4ccc(-c5ccccc5)cc4)nc13)O2. The van der Waals surface area contributed by atoms with Crippen LogP contribution in [0.15, 0.2) is 119 Å². The molecule has 7 aromatic rings. The third-order valence-electron chi connectivity index (χ3n) is 7.23. The third-order valence-corrected chi connectivity index (χ3v) is 7.23. The van der Waals surface area contributed by atoms with E-state index >= 15 is 0 Å². The summed E-state index contributed by atoms with van der Waals surface area (Å²) < 4.78 is 13.7. The molecule has 8 heteroatoms. The normalized spacial score (nSPS) is 14.1. The first-order chi connectivity index (χ1) is 19.7. The van der Waals surface area contributed by atoms with Gasteiger partial charge in [0.25, 0.3) is 0 Å². The van der Waals surface area contributed by atoms with E-state index in [1.807, 2.05) is 60.7 Å². The van der Waals surface area contributed by atoms with Crippen LogP contribution in [0.5, 0.6) is 11.6 Å². The molecule has 8 nitrogen and oxygen atoms in total. The maximum Gasteiger partial charge on any atom is 0.344 e. The van der Waals surface area contributed by atoms with Crippen LogP contribution in [0.25, 0.3) is 39.1 Å². The van der Waals surface area contributed by atoms with Crippen LogP contribution in [0.1, 0.15) is 22.6 Å². The van der Waals surface area contributed by atoms with E-state index in [1.165, 1.54) is 0 Å². The summed E-state index contributed by atoms with van der Waals surface area (Å²) in [5, 5.41) is 5.41. The largest absolute Gasteiger partial charge is 0.437 e. The lowest BCUT2D eigenvalue weighted by Gasteiger charge is -2.27. The third kappa shape index (κ3) is 3.43. The summed E-state index contributed by atoms with van der Waals surface area (Å²) in [4.78, 5) is 27.3. The number of aromatic nitrogens is 5. The van der Waals surface area contributed by atoms with Gasteiger partial charge in [-0.15, -0.1) is 5.10 Å². The summed E-state index contributed by atoms with van der Waals surface area (Å²) in [5.41, 5.74) is 5.41. The topological polar surface area (TPSA) is 95.4 Å². The van der Waals surface area contributed by atoms with Crippen LogP contribution < -0.4 is 10.4 Å². The van der Waals surface area contributed by atoms with E-state index in [0.29, 0.717) is 45.2 Å². The number of pyridine rings is 1. The highest BCUT2D eigenvalue weighted by molar-refractivity contribution is 5.87. The molecule has 1 atom stereocenters. The number of benzene rings is 3. The minimum atomic E-state index is -0.568. The summed E-state index contributed by atoms with van der Waals surface area (Å²) in [6.45, 7) is 0. The van der Waals surface area contributed by atoms with Gasteiger partial charge in [0.2, 0.25) is 5.88 Å². The predicted molar refractivity (Wildman–Crippen MR) is 149 cm³/mol. The Bertz CT molecular complexity index is 2100. The van der Waals surface area contributed by atoms with Crippen LogP contribution in [0.2, 0.25) is 0 Å². The lowest BCUT2D eigenvalue weighted by atomic mass is 9.85. The van der Waals surface area contributed by atoms with Crippen molar-refractivity contribution in [3.05, 3.63) is 137 Å². The second-order valence-electron chi connectivity index (χ2n) is 9.56. The summed E-state index contributed by atoms with van der Waals surface area (Å²) in [7, 11) is 0. The Kier molecular flexibility index (Phi) is 4.87. The average molecular weight is 522 g/mol. The first kappa shape index (κ1) is 22.4. The second-order valence-corrected chi connectivity index (χ2v) is 9.56. The van der Waals surface area contributed by atoms with Crippen LogP contribution in [-0.2, 0) is 0 Å². The van der Waals surface area contributed by atoms with Crippen LogP contribution in [0.4, 0.5) is 0 Å². The van der Waals surface area contributed by atoms with Crippen molar-refractivity contribution in [3.63, 3.8) is 0 Å². The highest BCUT2D eigenvalue weighted by atomic mass is 16.5. The Hall–Kier alpha value is -5.63. The van der Waals surface area contributed by atoms with E-state index in [2.05, 4.69) is 34.2 Å². The molecule has 1 aliphatic heterocycles. The monoisotopic (exact) mass is 521 g/mol. The van der Waals surface area contributed by atoms with E-state index < -0.39 is 11.5 Å². The fourth-order valence-corrected chi connectivity index (χ4v) is 5.37. The summed E-state index contributed by atoms with van der Waals surface area (Å²) in [6.07, 6.45) is 5.02. The molecule has 0 saturated carbocycles. The van der Waals surface area contributed by atoms with Crippen LogP contribution in [-0.4, -0.2) is 24.6 Å². The molecule has 4 aromatic heterocycles. The smallest absolute Gasteiger partial charge is 0.344 e. The van der Waals surface area contributed by atoms with Crippen LogP contribution >= 0.6 is 0 Å². The van der Waals surface area contributed by atoms with Crippen molar-refractivity contribution in [1.29, 1.82) is 0 Å². The maximum absolute atomic E-state index is 13.5. The molecular weight excluding hydrogens is 502 g/mol. The molecule has 1 unspecified atom stereocenters. The number of hydrogen-bond donors (Lipinski definition) is 0. The molecule has 8 rings (SSSR count). The van der Waals surface area contributed by atoms with Gasteiger partial charge in [-0.05, 0) is 34.9 Å². The highest BCUT2D eigenvalue weighted by Gasteiger charge is 2.37. The van der Waals surface area contributed by atoms with Crippen molar-refractivity contribution < 1.29 is 9.15 Å². The molecule has 0 aliphatic carbocycles. The minimum absolute atomic E-state index is 0.364. The first-order valence-electron chi connectivity index (χ1n) is 12.8. The minimum Gasteiger partial charge on any atom is -0.437 e. The van der Waals surface area contributed by atoms with Crippen molar-refractivity contribution in [2.45, 2.75) is 5.92 Å². The van der Waals surface area contributed by atoms with E-state index in [-0.39, 0.29) is 0 Å². The molecule has 1 aliphatic rings. The Morgan fingerprint density at radius 3 is 2.38 bits per heavy atom. The quantitative estimate of drug-likeness (QED) is 0.254. The van der Waals surface area contributed by atoms with E-state index in [4.69, 9.17) is 19.2 Å². The lowest BCUT2D eigenvalue weighted by Crippen LogP contribution is -2.22. The number of para-hydroxylation sites is 1. The number of hydrogen-bond acceptors (Lipinski definition) is 7. The van der Waals surface area contributed by atoms with Gasteiger partial charge >= 0.3 is 5.63 Å². The molecule has 0 saturated heterocycles. The van der Waals surface area contributed by atoms with Crippen molar-refractivity contribution in [3.8, 4) is 34.1 Å². The van der Waals surface area contributed by atoms with Gasteiger partial charge in [0.15, 0.2) is 17.2 Å². The second kappa shape index (κ2) is 8.71. The number of ether oxygens (including phenoxy) is 1.